The molecule has 26 heavy (non-hydrogen) atoms. The highest BCUT2D eigenvalue weighted by molar-refractivity contribution is 5.73. The molecular formula is C21H28N4O. The summed E-state index contributed by atoms with van der Waals surface area (Å²) in [6.45, 7) is 10.2. The average molecular weight is 352 g/mol. The molecule has 1 unspecified atom stereocenters. The predicted octanol–water partition coefficient (Wildman–Crippen LogP) is 3.45. The zero-order valence-electron chi connectivity index (χ0n) is 16.1. The lowest BCUT2D eigenvalue weighted by molar-refractivity contribution is -0.119. The Morgan fingerprint density at radius 3 is 2.38 bits per heavy atom. The average Bonchev–Trinajstić information content (AvgIpc) is 2.95. The summed E-state index contributed by atoms with van der Waals surface area (Å²) >= 11 is 0. The molecule has 0 radical (unpaired) electrons. The van der Waals surface area contributed by atoms with Crippen LogP contribution in [0.1, 0.15) is 39.7 Å². The van der Waals surface area contributed by atoms with E-state index in [1.54, 1.807) is 6.92 Å². The predicted molar refractivity (Wildman–Crippen MR) is 105 cm³/mol. The number of hydrogen-bond donors (Lipinski definition) is 1. The van der Waals surface area contributed by atoms with Gasteiger partial charge in [0.1, 0.15) is 0 Å². The molecule has 1 aromatic heterocycles. The van der Waals surface area contributed by atoms with Crippen molar-refractivity contribution in [3.05, 3.63) is 42.2 Å². The van der Waals surface area contributed by atoms with Crippen LogP contribution in [0.5, 0.6) is 0 Å². The first kappa shape index (κ1) is 18.4. The van der Waals surface area contributed by atoms with Gasteiger partial charge < -0.3 is 10.2 Å². The molecule has 0 aliphatic carbocycles. The molecule has 0 spiro atoms. The zero-order chi connectivity index (χ0) is 18.7. The number of carbonyl (C=O) groups is 1. The van der Waals surface area contributed by atoms with Gasteiger partial charge in [-0.1, -0.05) is 38.1 Å². The minimum atomic E-state index is 0.00717. The van der Waals surface area contributed by atoms with E-state index in [2.05, 4.69) is 58.3 Å². The van der Waals surface area contributed by atoms with Crippen LogP contribution in [-0.2, 0) is 11.2 Å². The second kappa shape index (κ2) is 7.44. The van der Waals surface area contributed by atoms with Gasteiger partial charge >= 0.3 is 0 Å². The van der Waals surface area contributed by atoms with Gasteiger partial charge in [-0.15, -0.1) is 0 Å². The van der Waals surface area contributed by atoms with Crippen molar-refractivity contribution in [2.75, 3.05) is 18.0 Å². The van der Waals surface area contributed by atoms with E-state index < -0.39 is 0 Å². The summed E-state index contributed by atoms with van der Waals surface area (Å²) in [5, 5.41) is 2.91. The topological polar surface area (TPSA) is 58.1 Å². The summed E-state index contributed by atoms with van der Waals surface area (Å²) in [5.41, 5.74) is 3.67. The van der Waals surface area contributed by atoms with E-state index in [4.69, 9.17) is 0 Å². The summed E-state index contributed by atoms with van der Waals surface area (Å²) in [6, 6.07) is 8.51. The van der Waals surface area contributed by atoms with Gasteiger partial charge in [0.25, 0.3) is 0 Å². The van der Waals surface area contributed by atoms with Crippen LogP contribution < -0.4 is 10.2 Å². The smallest absolute Gasteiger partial charge is 0.225 e. The molecular weight excluding hydrogens is 324 g/mol. The molecule has 3 rings (SSSR count). The Hall–Kier alpha value is -2.43. The molecule has 1 aliphatic heterocycles. The number of rotatable bonds is 5. The molecule has 1 aromatic carbocycles. The molecule has 1 atom stereocenters. The van der Waals surface area contributed by atoms with Crippen LogP contribution in [0, 0.1) is 5.41 Å². The van der Waals surface area contributed by atoms with Crippen molar-refractivity contribution >= 4 is 11.9 Å². The van der Waals surface area contributed by atoms with Crippen LogP contribution in [0.2, 0.25) is 0 Å². The molecule has 5 nitrogen and oxygen atoms in total. The van der Waals surface area contributed by atoms with Gasteiger partial charge in [0.05, 0.1) is 0 Å². The second-order valence-electron chi connectivity index (χ2n) is 8.11. The summed E-state index contributed by atoms with van der Waals surface area (Å²) in [5.74, 6) is 0.827. The molecule has 138 valence electrons. The normalized spacial score (nSPS) is 17.2. The number of carbonyl (C=O) groups excluding carboxylic acids is 1. The molecule has 1 aliphatic rings. The van der Waals surface area contributed by atoms with E-state index in [9.17, 15) is 4.79 Å². The van der Waals surface area contributed by atoms with E-state index in [0.29, 0.717) is 5.41 Å². The second-order valence-corrected chi connectivity index (χ2v) is 8.11. The number of nitrogens with one attached hydrogen (secondary N) is 1. The molecule has 1 N–H and O–H groups in total. The van der Waals surface area contributed by atoms with E-state index >= 15 is 0 Å². The van der Waals surface area contributed by atoms with Crippen molar-refractivity contribution in [1.29, 1.82) is 0 Å². The van der Waals surface area contributed by atoms with Gasteiger partial charge in [-0.3, -0.25) is 4.79 Å². The molecule has 1 saturated heterocycles. The maximum atomic E-state index is 11.1. The lowest BCUT2D eigenvalue weighted by Gasteiger charge is -2.19. The molecule has 1 fully saturated rings. The third-order valence-electron chi connectivity index (χ3n) is 4.88. The number of hydrogen-bond acceptors (Lipinski definition) is 4. The Kier molecular flexibility index (Phi) is 5.25. The van der Waals surface area contributed by atoms with Crippen LogP contribution in [0.25, 0.3) is 11.1 Å². The Bertz CT molecular complexity index is 753. The van der Waals surface area contributed by atoms with E-state index in [1.165, 1.54) is 12.0 Å². The number of aromatic nitrogens is 2. The van der Waals surface area contributed by atoms with E-state index in [-0.39, 0.29) is 11.9 Å². The first-order chi connectivity index (χ1) is 12.3. The van der Waals surface area contributed by atoms with Crippen molar-refractivity contribution in [3.63, 3.8) is 0 Å². The first-order valence-corrected chi connectivity index (χ1v) is 9.26. The Labute approximate surface area is 155 Å². The van der Waals surface area contributed by atoms with E-state index in [0.717, 1.165) is 36.6 Å². The van der Waals surface area contributed by atoms with E-state index in [1.807, 2.05) is 19.3 Å². The highest BCUT2D eigenvalue weighted by Gasteiger charge is 2.30. The number of nitrogens with zero attached hydrogens (tertiary/aromatic N) is 3. The summed E-state index contributed by atoms with van der Waals surface area (Å²) in [6.07, 6.45) is 5.81. The molecule has 1 amide bonds. The minimum absolute atomic E-state index is 0.00717. The van der Waals surface area contributed by atoms with Gasteiger partial charge in [-0.05, 0) is 36.3 Å². The standard InChI is InChI=1S/C21H28N4O/c1-15(24-16(2)26)11-17-5-7-18(8-6-17)19-12-22-20(23-13-19)25-10-9-21(3,4)14-25/h5-8,12-13,15H,9-11,14H2,1-4H3,(H,24,26). The lowest BCUT2D eigenvalue weighted by Crippen LogP contribution is -2.31. The van der Waals surface area contributed by atoms with Gasteiger partial charge in [-0.2, -0.15) is 0 Å². The van der Waals surface area contributed by atoms with Crippen molar-refractivity contribution in [1.82, 2.24) is 15.3 Å². The third-order valence-corrected chi connectivity index (χ3v) is 4.88. The molecule has 2 heterocycles. The summed E-state index contributed by atoms with van der Waals surface area (Å²) in [7, 11) is 0. The fourth-order valence-corrected chi connectivity index (χ4v) is 3.50. The number of amides is 1. The monoisotopic (exact) mass is 352 g/mol. The zero-order valence-corrected chi connectivity index (χ0v) is 16.1. The van der Waals surface area contributed by atoms with Crippen LogP contribution in [0.4, 0.5) is 5.95 Å². The van der Waals surface area contributed by atoms with Crippen LogP contribution in [0.3, 0.4) is 0 Å². The quantitative estimate of drug-likeness (QED) is 0.895. The molecule has 2 aromatic rings. The van der Waals surface area contributed by atoms with Crippen LogP contribution in [-0.4, -0.2) is 35.0 Å². The Morgan fingerprint density at radius 2 is 1.85 bits per heavy atom. The Morgan fingerprint density at radius 1 is 1.19 bits per heavy atom. The highest BCUT2D eigenvalue weighted by atomic mass is 16.1. The lowest BCUT2D eigenvalue weighted by atomic mass is 9.93. The highest BCUT2D eigenvalue weighted by Crippen LogP contribution is 2.31. The maximum Gasteiger partial charge on any atom is 0.225 e. The van der Waals surface area contributed by atoms with Gasteiger partial charge in [-0.25, -0.2) is 9.97 Å². The minimum Gasteiger partial charge on any atom is -0.354 e. The fraction of sp³-hybridized carbons (Fsp3) is 0.476. The molecule has 5 heteroatoms. The number of benzene rings is 1. The van der Waals surface area contributed by atoms with Crippen molar-refractivity contribution < 1.29 is 4.79 Å². The molecule has 0 saturated carbocycles. The van der Waals surface area contributed by atoms with Gasteiger partial charge in [0.15, 0.2) is 0 Å². The largest absolute Gasteiger partial charge is 0.354 e. The molecule has 0 bridgehead atoms. The first-order valence-electron chi connectivity index (χ1n) is 9.26. The van der Waals surface area contributed by atoms with Crippen molar-refractivity contribution in [3.8, 4) is 11.1 Å². The van der Waals surface area contributed by atoms with Crippen LogP contribution in [0.15, 0.2) is 36.7 Å². The number of anilines is 1. The van der Waals surface area contributed by atoms with Crippen molar-refractivity contribution in [2.24, 2.45) is 5.41 Å². The Balaban J connectivity index is 1.65. The third kappa shape index (κ3) is 4.59. The van der Waals surface area contributed by atoms with Gasteiger partial charge in [0.2, 0.25) is 11.9 Å². The van der Waals surface area contributed by atoms with Gasteiger partial charge in [0, 0.05) is 44.0 Å². The summed E-state index contributed by atoms with van der Waals surface area (Å²) in [4.78, 5) is 22.5. The van der Waals surface area contributed by atoms with Crippen molar-refractivity contribution in [2.45, 2.75) is 46.6 Å². The SMILES string of the molecule is CC(=O)NC(C)Cc1ccc(-c2cnc(N3CCC(C)(C)C3)nc2)cc1. The fourth-order valence-electron chi connectivity index (χ4n) is 3.50. The maximum absolute atomic E-state index is 11.1. The van der Waals surface area contributed by atoms with Crippen LogP contribution >= 0.6 is 0 Å². The summed E-state index contributed by atoms with van der Waals surface area (Å²) < 4.78 is 0.